The van der Waals surface area contributed by atoms with Gasteiger partial charge in [0, 0.05) is 23.0 Å². The maximum atomic E-state index is 6.10. The SMILES string of the molecule is NCC1(c2nc3cc(Cl)ccc3n2C2CC2)CCC1. The van der Waals surface area contributed by atoms with E-state index in [1.807, 2.05) is 12.1 Å². The van der Waals surface area contributed by atoms with E-state index in [1.54, 1.807) is 0 Å². The molecule has 4 rings (SSSR count). The molecule has 100 valence electrons. The Hall–Kier alpha value is -1.06. The largest absolute Gasteiger partial charge is 0.329 e. The van der Waals surface area contributed by atoms with Crippen LogP contribution in [0.5, 0.6) is 0 Å². The lowest BCUT2D eigenvalue weighted by molar-refractivity contribution is 0.231. The second-order valence-electron chi connectivity index (χ2n) is 6.01. The van der Waals surface area contributed by atoms with Crippen molar-refractivity contribution < 1.29 is 0 Å². The predicted molar refractivity (Wildman–Crippen MR) is 77.6 cm³/mol. The average molecular weight is 276 g/mol. The molecule has 3 nitrogen and oxygen atoms in total. The minimum atomic E-state index is 0.119. The van der Waals surface area contributed by atoms with Crippen LogP contribution < -0.4 is 5.73 Å². The van der Waals surface area contributed by atoms with Crippen molar-refractivity contribution in [1.82, 2.24) is 9.55 Å². The summed E-state index contributed by atoms with van der Waals surface area (Å²) in [5.41, 5.74) is 8.43. The molecule has 2 N–H and O–H groups in total. The fourth-order valence-electron chi connectivity index (χ4n) is 3.27. The third-order valence-electron chi connectivity index (χ3n) is 4.74. The lowest BCUT2D eigenvalue weighted by Crippen LogP contribution is -2.43. The Morgan fingerprint density at radius 3 is 2.74 bits per heavy atom. The minimum Gasteiger partial charge on any atom is -0.329 e. The number of hydrogen-bond donors (Lipinski definition) is 1. The van der Waals surface area contributed by atoms with Crippen molar-refractivity contribution in [1.29, 1.82) is 0 Å². The van der Waals surface area contributed by atoms with Crippen LogP contribution in [0, 0.1) is 0 Å². The number of nitrogens with two attached hydrogens (primary N) is 1. The maximum absolute atomic E-state index is 6.10. The van der Waals surface area contributed by atoms with E-state index < -0.39 is 0 Å². The maximum Gasteiger partial charge on any atom is 0.117 e. The van der Waals surface area contributed by atoms with Gasteiger partial charge in [0.05, 0.1) is 11.0 Å². The Kier molecular flexibility index (Phi) is 2.45. The van der Waals surface area contributed by atoms with E-state index in [4.69, 9.17) is 22.3 Å². The fourth-order valence-corrected chi connectivity index (χ4v) is 3.44. The van der Waals surface area contributed by atoms with E-state index in [0.29, 0.717) is 12.6 Å². The van der Waals surface area contributed by atoms with Crippen molar-refractivity contribution in [2.75, 3.05) is 6.54 Å². The molecule has 0 unspecified atom stereocenters. The number of aromatic nitrogens is 2. The van der Waals surface area contributed by atoms with E-state index in [9.17, 15) is 0 Å². The second kappa shape index (κ2) is 3.97. The molecule has 1 aromatic carbocycles. The summed E-state index contributed by atoms with van der Waals surface area (Å²) in [4.78, 5) is 4.90. The summed E-state index contributed by atoms with van der Waals surface area (Å²) in [5, 5.41) is 0.759. The van der Waals surface area contributed by atoms with Crippen LogP contribution in [0.15, 0.2) is 18.2 Å². The highest BCUT2D eigenvalue weighted by Gasteiger charge is 2.43. The van der Waals surface area contributed by atoms with Gasteiger partial charge in [-0.05, 0) is 43.9 Å². The van der Waals surface area contributed by atoms with Crippen molar-refractivity contribution >= 4 is 22.6 Å². The van der Waals surface area contributed by atoms with Gasteiger partial charge >= 0.3 is 0 Å². The Balaban J connectivity index is 1.96. The molecule has 0 amide bonds. The molecule has 0 radical (unpaired) electrons. The molecule has 19 heavy (non-hydrogen) atoms. The highest BCUT2D eigenvalue weighted by molar-refractivity contribution is 6.31. The van der Waals surface area contributed by atoms with Gasteiger partial charge in [-0.15, -0.1) is 0 Å². The Bertz CT molecular complexity index is 633. The minimum absolute atomic E-state index is 0.119. The normalized spacial score (nSPS) is 21.6. The van der Waals surface area contributed by atoms with Gasteiger partial charge in [0.2, 0.25) is 0 Å². The predicted octanol–water partition coefficient (Wildman–Crippen LogP) is 3.41. The number of fused-ring (bicyclic) bond motifs is 1. The Labute approximate surface area is 117 Å². The third-order valence-corrected chi connectivity index (χ3v) is 4.97. The summed E-state index contributed by atoms with van der Waals surface area (Å²) < 4.78 is 2.44. The van der Waals surface area contributed by atoms with Gasteiger partial charge < -0.3 is 10.3 Å². The van der Waals surface area contributed by atoms with E-state index in [-0.39, 0.29) is 5.41 Å². The number of nitrogens with zero attached hydrogens (tertiary/aromatic N) is 2. The average Bonchev–Trinajstić information content (AvgIpc) is 3.11. The zero-order valence-electron chi connectivity index (χ0n) is 10.9. The zero-order valence-corrected chi connectivity index (χ0v) is 11.7. The monoisotopic (exact) mass is 275 g/mol. The van der Waals surface area contributed by atoms with Gasteiger partial charge in [0.15, 0.2) is 0 Å². The standard InChI is InChI=1S/C15H18ClN3/c16-10-2-5-13-12(8-10)18-14(19(13)11-3-4-11)15(9-17)6-1-7-15/h2,5,8,11H,1,3-4,6-7,9,17H2. The number of halogens is 1. The van der Waals surface area contributed by atoms with Crippen LogP contribution in [0.1, 0.15) is 44.0 Å². The van der Waals surface area contributed by atoms with E-state index >= 15 is 0 Å². The summed E-state index contributed by atoms with van der Waals surface area (Å²) >= 11 is 6.10. The van der Waals surface area contributed by atoms with Crippen molar-refractivity contribution in [3.8, 4) is 0 Å². The van der Waals surface area contributed by atoms with Gasteiger partial charge in [-0.1, -0.05) is 18.0 Å². The quantitative estimate of drug-likeness (QED) is 0.933. The van der Waals surface area contributed by atoms with Gasteiger partial charge in [0.1, 0.15) is 5.82 Å². The van der Waals surface area contributed by atoms with Crippen molar-refractivity contribution in [3.05, 3.63) is 29.0 Å². The molecule has 0 aliphatic heterocycles. The molecule has 1 heterocycles. The molecule has 2 saturated carbocycles. The van der Waals surface area contributed by atoms with Crippen LogP contribution in [0.2, 0.25) is 5.02 Å². The van der Waals surface area contributed by atoms with Gasteiger partial charge in [-0.25, -0.2) is 4.98 Å². The van der Waals surface area contributed by atoms with Gasteiger partial charge in [-0.2, -0.15) is 0 Å². The molecule has 2 aliphatic rings. The molecule has 1 aromatic heterocycles. The van der Waals surface area contributed by atoms with Crippen LogP contribution in [-0.2, 0) is 5.41 Å². The van der Waals surface area contributed by atoms with Crippen LogP contribution in [0.3, 0.4) is 0 Å². The first-order valence-electron chi connectivity index (χ1n) is 7.12. The Morgan fingerprint density at radius 2 is 2.16 bits per heavy atom. The summed E-state index contributed by atoms with van der Waals surface area (Å²) in [7, 11) is 0. The summed E-state index contributed by atoms with van der Waals surface area (Å²) in [6.07, 6.45) is 6.15. The number of hydrogen-bond acceptors (Lipinski definition) is 2. The summed E-state index contributed by atoms with van der Waals surface area (Å²) in [6, 6.07) is 6.67. The van der Waals surface area contributed by atoms with Crippen molar-refractivity contribution in [3.63, 3.8) is 0 Å². The van der Waals surface area contributed by atoms with E-state index in [0.717, 1.165) is 10.5 Å². The molecule has 2 aromatic rings. The smallest absolute Gasteiger partial charge is 0.117 e. The molecule has 4 heteroatoms. The van der Waals surface area contributed by atoms with E-state index in [1.165, 1.54) is 43.4 Å². The van der Waals surface area contributed by atoms with Crippen LogP contribution >= 0.6 is 11.6 Å². The summed E-state index contributed by atoms with van der Waals surface area (Å²) in [5.74, 6) is 1.21. The van der Waals surface area contributed by atoms with Crippen LogP contribution in [0.25, 0.3) is 11.0 Å². The lowest BCUT2D eigenvalue weighted by atomic mass is 9.68. The van der Waals surface area contributed by atoms with Crippen molar-refractivity contribution in [2.45, 2.75) is 43.6 Å². The van der Waals surface area contributed by atoms with Crippen LogP contribution in [-0.4, -0.2) is 16.1 Å². The molecule has 2 aliphatic carbocycles. The summed E-state index contributed by atoms with van der Waals surface area (Å²) in [6.45, 7) is 0.705. The lowest BCUT2D eigenvalue weighted by Gasteiger charge is -2.40. The topological polar surface area (TPSA) is 43.8 Å². The van der Waals surface area contributed by atoms with E-state index in [2.05, 4.69) is 10.6 Å². The molecule has 0 atom stereocenters. The number of benzene rings is 1. The number of rotatable bonds is 3. The first-order chi connectivity index (χ1) is 9.23. The zero-order chi connectivity index (χ0) is 13.0. The first-order valence-corrected chi connectivity index (χ1v) is 7.49. The molecule has 2 fully saturated rings. The van der Waals surface area contributed by atoms with Crippen LogP contribution in [0.4, 0.5) is 0 Å². The van der Waals surface area contributed by atoms with Crippen molar-refractivity contribution in [2.24, 2.45) is 5.73 Å². The van der Waals surface area contributed by atoms with Gasteiger partial charge in [-0.3, -0.25) is 0 Å². The molecule has 0 spiro atoms. The Morgan fingerprint density at radius 1 is 1.37 bits per heavy atom. The molecular weight excluding hydrogens is 258 g/mol. The second-order valence-corrected chi connectivity index (χ2v) is 6.44. The number of imidazole rings is 1. The first kappa shape index (κ1) is 11.7. The fraction of sp³-hybridized carbons (Fsp3) is 0.533. The highest BCUT2D eigenvalue weighted by atomic mass is 35.5. The molecule has 0 saturated heterocycles. The van der Waals surface area contributed by atoms with Gasteiger partial charge in [0.25, 0.3) is 0 Å². The molecular formula is C15H18ClN3. The third kappa shape index (κ3) is 1.65. The molecule has 0 bridgehead atoms. The highest BCUT2D eigenvalue weighted by Crippen LogP contribution is 2.47.